The Morgan fingerprint density at radius 1 is 1.22 bits per heavy atom. The van der Waals surface area contributed by atoms with Gasteiger partial charge in [0.25, 0.3) is 0 Å². The highest BCUT2D eigenvalue weighted by Crippen LogP contribution is 2.31. The second-order valence-electron chi connectivity index (χ2n) is 4.48. The minimum atomic E-state index is 0.0826. The van der Waals surface area contributed by atoms with E-state index in [1.165, 1.54) is 0 Å². The van der Waals surface area contributed by atoms with Gasteiger partial charge in [0.1, 0.15) is 11.1 Å². The molecule has 2 rings (SSSR count). The van der Waals surface area contributed by atoms with Crippen LogP contribution in [0, 0.1) is 5.92 Å². The van der Waals surface area contributed by atoms with Gasteiger partial charge in [0.15, 0.2) is 0 Å². The van der Waals surface area contributed by atoms with Crippen molar-refractivity contribution in [3.05, 3.63) is 39.1 Å². The van der Waals surface area contributed by atoms with E-state index in [9.17, 15) is 0 Å². The summed E-state index contributed by atoms with van der Waals surface area (Å²) in [6, 6.07) is 8.20. The van der Waals surface area contributed by atoms with Gasteiger partial charge >= 0.3 is 0 Å². The number of aromatic nitrogens is 1. The smallest absolute Gasteiger partial charge is 0.122 e. The lowest BCUT2D eigenvalue weighted by Crippen LogP contribution is -2.08. The van der Waals surface area contributed by atoms with Crippen LogP contribution in [-0.2, 0) is 4.74 Å². The number of rotatable bonds is 4. The zero-order chi connectivity index (χ0) is 13.1. The lowest BCUT2D eigenvalue weighted by atomic mass is 10.1. The molecule has 0 N–H and O–H groups in total. The van der Waals surface area contributed by atoms with Crippen molar-refractivity contribution >= 4 is 27.3 Å². The predicted molar refractivity (Wildman–Crippen MR) is 79.8 cm³/mol. The van der Waals surface area contributed by atoms with Crippen molar-refractivity contribution in [2.24, 2.45) is 5.92 Å². The van der Waals surface area contributed by atoms with Gasteiger partial charge in [0.05, 0.1) is 5.69 Å². The highest BCUT2D eigenvalue weighted by Gasteiger charge is 2.18. The summed E-state index contributed by atoms with van der Waals surface area (Å²) in [6.45, 7) is 4.30. The average Bonchev–Trinajstić information content (AvgIpc) is 2.80. The third kappa shape index (κ3) is 2.99. The number of ether oxygens (including phenoxy) is 1. The van der Waals surface area contributed by atoms with Gasteiger partial charge in [-0.05, 0) is 18.1 Å². The predicted octanol–water partition coefficient (Wildman–Crippen LogP) is 4.92. The van der Waals surface area contributed by atoms with Crippen LogP contribution in [-0.4, -0.2) is 12.1 Å². The van der Waals surface area contributed by atoms with Crippen molar-refractivity contribution in [3.63, 3.8) is 0 Å². The van der Waals surface area contributed by atoms with Gasteiger partial charge in [-0.2, -0.15) is 0 Å². The Kier molecular flexibility index (Phi) is 4.54. The van der Waals surface area contributed by atoms with Crippen LogP contribution in [0.25, 0.3) is 11.3 Å². The molecule has 1 atom stereocenters. The molecule has 0 bridgehead atoms. The number of thiazole rings is 1. The quantitative estimate of drug-likeness (QED) is 0.796. The summed E-state index contributed by atoms with van der Waals surface area (Å²) >= 11 is 5.10. The van der Waals surface area contributed by atoms with E-state index >= 15 is 0 Å². The zero-order valence-electron chi connectivity index (χ0n) is 10.7. The monoisotopic (exact) mass is 325 g/mol. The molecule has 0 amide bonds. The molecule has 0 saturated carbocycles. The first-order valence-electron chi connectivity index (χ1n) is 5.86. The largest absolute Gasteiger partial charge is 0.374 e. The van der Waals surface area contributed by atoms with Crippen molar-refractivity contribution < 1.29 is 4.74 Å². The number of halogens is 1. The number of hydrogen-bond donors (Lipinski definition) is 0. The minimum absolute atomic E-state index is 0.0826. The maximum atomic E-state index is 5.51. The second kappa shape index (κ2) is 5.95. The Hall–Kier alpha value is -0.710. The highest BCUT2D eigenvalue weighted by molar-refractivity contribution is 9.10. The van der Waals surface area contributed by atoms with Gasteiger partial charge in [-0.15, -0.1) is 11.3 Å². The van der Waals surface area contributed by atoms with E-state index in [4.69, 9.17) is 4.74 Å². The van der Waals surface area contributed by atoms with Crippen LogP contribution in [0.15, 0.2) is 34.1 Å². The molecule has 1 aromatic heterocycles. The standard InChI is InChI=1S/C14H16BrNOS/c1-9(2)13(17-3)14-16-12(8-18-14)10-4-6-11(15)7-5-10/h4-9,13H,1-3H3. The van der Waals surface area contributed by atoms with E-state index in [1.54, 1.807) is 18.4 Å². The van der Waals surface area contributed by atoms with Gasteiger partial charge in [0, 0.05) is 22.5 Å². The molecule has 96 valence electrons. The van der Waals surface area contributed by atoms with Crippen molar-refractivity contribution in [1.82, 2.24) is 4.98 Å². The van der Waals surface area contributed by atoms with Crippen LogP contribution in [0.4, 0.5) is 0 Å². The molecule has 1 unspecified atom stereocenters. The van der Waals surface area contributed by atoms with Crippen LogP contribution >= 0.6 is 27.3 Å². The average molecular weight is 326 g/mol. The molecule has 18 heavy (non-hydrogen) atoms. The van der Waals surface area contributed by atoms with E-state index in [1.807, 2.05) is 12.1 Å². The lowest BCUT2D eigenvalue weighted by Gasteiger charge is -2.15. The molecule has 0 aliphatic rings. The molecule has 4 heteroatoms. The molecule has 0 spiro atoms. The van der Waals surface area contributed by atoms with Crippen molar-refractivity contribution in [2.45, 2.75) is 20.0 Å². The SMILES string of the molecule is COC(c1nc(-c2ccc(Br)cc2)cs1)C(C)C. The number of benzene rings is 1. The highest BCUT2D eigenvalue weighted by atomic mass is 79.9. The summed E-state index contributed by atoms with van der Waals surface area (Å²) in [5.74, 6) is 0.430. The Bertz CT molecular complexity index is 507. The molecular formula is C14H16BrNOS. The van der Waals surface area contributed by atoms with E-state index < -0.39 is 0 Å². The zero-order valence-corrected chi connectivity index (χ0v) is 13.1. The maximum Gasteiger partial charge on any atom is 0.122 e. The fourth-order valence-corrected chi connectivity index (χ4v) is 3.17. The van der Waals surface area contributed by atoms with Crippen LogP contribution in [0.5, 0.6) is 0 Å². The molecule has 1 heterocycles. The summed E-state index contributed by atoms with van der Waals surface area (Å²) in [7, 11) is 1.74. The van der Waals surface area contributed by atoms with Crippen LogP contribution < -0.4 is 0 Å². The third-order valence-corrected chi connectivity index (χ3v) is 4.20. The van der Waals surface area contributed by atoms with E-state index in [2.05, 4.69) is 52.3 Å². The summed E-state index contributed by atoms with van der Waals surface area (Å²) in [5, 5.41) is 3.14. The maximum absolute atomic E-state index is 5.51. The molecule has 2 nitrogen and oxygen atoms in total. The molecular weight excluding hydrogens is 310 g/mol. The number of methoxy groups -OCH3 is 1. The number of hydrogen-bond acceptors (Lipinski definition) is 3. The minimum Gasteiger partial charge on any atom is -0.374 e. The normalized spacial score (nSPS) is 12.9. The van der Waals surface area contributed by atoms with E-state index in [0.29, 0.717) is 5.92 Å². The second-order valence-corrected chi connectivity index (χ2v) is 6.28. The first kappa shape index (κ1) is 13.7. The van der Waals surface area contributed by atoms with Gasteiger partial charge < -0.3 is 4.74 Å². The fourth-order valence-electron chi connectivity index (χ4n) is 1.83. The van der Waals surface area contributed by atoms with E-state index in [0.717, 1.165) is 20.7 Å². The summed E-state index contributed by atoms with van der Waals surface area (Å²) in [6.07, 6.45) is 0.0826. The van der Waals surface area contributed by atoms with Gasteiger partial charge in [-0.1, -0.05) is 41.9 Å². The van der Waals surface area contributed by atoms with Gasteiger partial charge in [-0.3, -0.25) is 0 Å². The first-order valence-corrected chi connectivity index (χ1v) is 7.53. The topological polar surface area (TPSA) is 22.1 Å². The molecule has 2 aromatic rings. The van der Waals surface area contributed by atoms with Crippen molar-refractivity contribution in [2.75, 3.05) is 7.11 Å². The summed E-state index contributed by atoms with van der Waals surface area (Å²) in [5.41, 5.74) is 2.16. The van der Waals surface area contributed by atoms with Crippen LogP contribution in [0.1, 0.15) is 25.0 Å². The molecule has 1 aromatic carbocycles. The molecule has 0 fully saturated rings. The third-order valence-electron chi connectivity index (χ3n) is 2.76. The first-order chi connectivity index (χ1) is 8.61. The Labute approximate surface area is 120 Å². The van der Waals surface area contributed by atoms with Gasteiger partial charge in [-0.25, -0.2) is 4.98 Å². The summed E-state index contributed by atoms with van der Waals surface area (Å²) < 4.78 is 6.59. The van der Waals surface area contributed by atoms with Crippen molar-refractivity contribution in [1.29, 1.82) is 0 Å². The number of nitrogens with zero attached hydrogens (tertiary/aromatic N) is 1. The van der Waals surface area contributed by atoms with E-state index in [-0.39, 0.29) is 6.10 Å². The Balaban J connectivity index is 2.27. The summed E-state index contributed by atoms with van der Waals surface area (Å²) in [4.78, 5) is 4.68. The van der Waals surface area contributed by atoms with Crippen LogP contribution in [0.2, 0.25) is 0 Å². The molecule has 0 aliphatic heterocycles. The lowest BCUT2D eigenvalue weighted by molar-refractivity contribution is 0.0645. The van der Waals surface area contributed by atoms with Crippen LogP contribution in [0.3, 0.4) is 0 Å². The fraction of sp³-hybridized carbons (Fsp3) is 0.357. The van der Waals surface area contributed by atoms with Gasteiger partial charge in [0.2, 0.25) is 0 Å². The molecule has 0 aliphatic carbocycles. The Morgan fingerprint density at radius 2 is 1.89 bits per heavy atom. The molecule has 0 radical (unpaired) electrons. The molecule has 0 saturated heterocycles. The van der Waals surface area contributed by atoms with Crippen molar-refractivity contribution in [3.8, 4) is 11.3 Å². The Morgan fingerprint density at radius 3 is 2.44 bits per heavy atom.